The van der Waals surface area contributed by atoms with Gasteiger partial charge in [0.05, 0.1) is 12.3 Å². The molecule has 4 heteroatoms. The molecule has 0 spiro atoms. The van der Waals surface area contributed by atoms with Gasteiger partial charge in [0.25, 0.3) is 0 Å². The summed E-state index contributed by atoms with van der Waals surface area (Å²) in [4.78, 5) is 7.04. The summed E-state index contributed by atoms with van der Waals surface area (Å²) in [5.74, 6) is 1.05. The number of nitrogens with zero attached hydrogens (tertiary/aromatic N) is 2. The molecule has 1 aliphatic heterocycles. The quantitative estimate of drug-likeness (QED) is 0.893. The first kappa shape index (κ1) is 12.4. The molecule has 1 aromatic heterocycles. The fourth-order valence-electron chi connectivity index (χ4n) is 2.54. The molecule has 4 nitrogen and oxygen atoms in total. The van der Waals surface area contributed by atoms with Crippen LogP contribution in [-0.4, -0.2) is 31.3 Å². The van der Waals surface area contributed by atoms with Crippen LogP contribution in [0.25, 0.3) is 10.8 Å². The maximum atomic E-state index is 5.76. The zero-order chi connectivity index (χ0) is 13.1. The number of hydrogen-bond donors (Lipinski definition) is 1. The first-order valence-corrected chi connectivity index (χ1v) is 6.80. The summed E-state index contributed by atoms with van der Waals surface area (Å²) < 4.78 is 5.52. The highest BCUT2D eigenvalue weighted by molar-refractivity contribution is 5.92. The molecule has 19 heavy (non-hydrogen) atoms. The van der Waals surface area contributed by atoms with Gasteiger partial charge >= 0.3 is 0 Å². The molecule has 1 fully saturated rings. The molecular weight excluding hydrogens is 238 g/mol. The Labute approximate surface area is 113 Å². The summed E-state index contributed by atoms with van der Waals surface area (Å²) in [5, 5.41) is 2.40. The molecule has 0 bridgehead atoms. The first-order valence-electron chi connectivity index (χ1n) is 6.80. The second-order valence-corrected chi connectivity index (χ2v) is 4.82. The van der Waals surface area contributed by atoms with E-state index in [0.29, 0.717) is 6.54 Å². The Balaban J connectivity index is 2.09. The monoisotopic (exact) mass is 257 g/mol. The molecule has 2 N–H and O–H groups in total. The number of fused-ring (bicyclic) bond motifs is 1. The van der Waals surface area contributed by atoms with Crippen molar-refractivity contribution in [2.45, 2.75) is 13.0 Å². The van der Waals surface area contributed by atoms with Crippen molar-refractivity contribution in [1.82, 2.24) is 4.98 Å². The largest absolute Gasteiger partial charge is 0.380 e. The first-order chi connectivity index (χ1) is 9.38. The Morgan fingerprint density at radius 3 is 3.00 bits per heavy atom. The molecule has 100 valence electrons. The van der Waals surface area contributed by atoms with Crippen LogP contribution in [0.5, 0.6) is 0 Å². The summed E-state index contributed by atoms with van der Waals surface area (Å²) in [7, 11) is 0. The van der Waals surface area contributed by atoms with Crippen molar-refractivity contribution in [3.05, 3.63) is 36.0 Å². The van der Waals surface area contributed by atoms with E-state index in [1.165, 1.54) is 10.8 Å². The summed E-state index contributed by atoms with van der Waals surface area (Å²) >= 11 is 0. The summed E-state index contributed by atoms with van der Waals surface area (Å²) in [5.41, 5.74) is 6.71. The molecule has 0 saturated carbocycles. The predicted octanol–water partition coefficient (Wildman–Crippen LogP) is 1.92. The number of benzene rings is 1. The van der Waals surface area contributed by atoms with Crippen molar-refractivity contribution in [3.8, 4) is 0 Å². The number of hydrogen-bond acceptors (Lipinski definition) is 4. The molecule has 0 aliphatic carbocycles. The molecular formula is C15H19N3O. The summed E-state index contributed by atoms with van der Waals surface area (Å²) in [6.07, 6.45) is 1.04. The lowest BCUT2D eigenvalue weighted by Gasteiger charge is -2.23. The standard InChI is InChI=1S/C15H19N3O/c16-11-13-10-12-4-1-2-5-14(12)15(17-13)18-6-3-8-19-9-7-18/h1-2,4-5,10H,3,6-9,11,16H2. The van der Waals surface area contributed by atoms with Crippen LogP contribution in [0.1, 0.15) is 12.1 Å². The Bertz CT molecular complexity index is 562. The van der Waals surface area contributed by atoms with Crippen molar-refractivity contribution in [1.29, 1.82) is 0 Å². The van der Waals surface area contributed by atoms with E-state index in [-0.39, 0.29) is 0 Å². The molecule has 3 rings (SSSR count). The van der Waals surface area contributed by atoms with Crippen LogP contribution in [0.4, 0.5) is 5.82 Å². The van der Waals surface area contributed by atoms with Gasteiger partial charge in [-0.15, -0.1) is 0 Å². The Morgan fingerprint density at radius 2 is 2.11 bits per heavy atom. The van der Waals surface area contributed by atoms with Crippen LogP contribution in [0.15, 0.2) is 30.3 Å². The second-order valence-electron chi connectivity index (χ2n) is 4.82. The Hall–Kier alpha value is -1.65. The average Bonchev–Trinajstić information content (AvgIpc) is 2.75. The van der Waals surface area contributed by atoms with Gasteiger partial charge in [0, 0.05) is 31.6 Å². The van der Waals surface area contributed by atoms with Crippen LogP contribution in [0, 0.1) is 0 Å². The van der Waals surface area contributed by atoms with E-state index in [9.17, 15) is 0 Å². The van der Waals surface area contributed by atoms with Gasteiger partial charge in [-0.25, -0.2) is 4.98 Å². The highest BCUT2D eigenvalue weighted by atomic mass is 16.5. The van der Waals surface area contributed by atoms with Gasteiger partial charge in [0.1, 0.15) is 5.82 Å². The predicted molar refractivity (Wildman–Crippen MR) is 77.3 cm³/mol. The summed E-state index contributed by atoms with van der Waals surface area (Å²) in [6, 6.07) is 10.4. The fraction of sp³-hybridized carbons (Fsp3) is 0.400. The lowest BCUT2D eigenvalue weighted by molar-refractivity contribution is 0.152. The number of rotatable bonds is 2. The number of nitrogens with two attached hydrogens (primary N) is 1. The van der Waals surface area contributed by atoms with E-state index >= 15 is 0 Å². The van der Waals surface area contributed by atoms with Gasteiger partial charge in [-0.1, -0.05) is 24.3 Å². The number of ether oxygens (including phenoxy) is 1. The molecule has 0 radical (unpaired) electrons. The maximum absolute atomic E-state index is 5.76. The van der Waals surface area contributed by atoms with Gasteiger partial charge in [-0.05, 0) is 17.9 Å². The third-order valence-electron chi connectivity index (χ3n) is 3.50. The molecule has 0 atom stereocenters. The zero-order valence-corrected chi connectivity index (χ0v) is 11.0. The maximum Gasteiger partial charge on any atom is 0.136 e. The molecule has 1 aliphatic rings. The molecule has 1 aromatic carbocycles. The van der Waals surface area contributed by atoms with Crippen molar-refractivity contribution in [2.75, 3.05) is 31.2 Å². The van der Waals surface area contributed by atoms with Crippen molar-refractivity contribution in [3.63, 3.8) is 0 Å². The summed E-state index contributed by atoms with van der Waals surface area (Å²) in [6.45, 7) is 3.96. The molecule has 1 saturated heterocycles. The van der Waals surface area contributed by atoms with Gasteiger partial charge in [-0.2, -0.15) is 0 Å². The van der Waals surface area contributed by atoms with Gasteiger partial charge in [0.15, 0.2) is 0 Å². The normalized spacial score (nSPS) is 16.6. The minimum absolute atomic E-state index is 0.474. The smallest absolute Gasteiger partial charge is 0.136 e. The molecule has 2 heterocycles. The highest BCUT2D eigenvalue weighted by Gasteiger charge is 2.15. The van der Waals surface area contributed by atoms with Gasteiger partial charge in [0.2, 0.25) is 0 Å². The fourth-order valence-corrected chi connectivity index (χ4v) is 2.54. The lowest BCUT2D eigenvalue weighted by Crippen LogP contribution is -2.27. The third kappa shape index (κ3) is 2.55. The van der Waals surface area contributed by atoms with E-state index in [2.05, 4.69) is 35.2 Å². The number of pyridine rings is 1. The second kappa shape index (κ2) is 5.55. The van der Waals surface area contributed by atoms with E-state index in [0.717, 1.165) is 44.2 Å². The van der Waals surface area contributed by atoms with Crippen LogP contribution in [0.3, 0.4) is 0 Å². The molecule has 2 aromatic rings. The van der Waals surface area contributed by atoms with Crippen molar-refractivity contribution < 1.29 is 4.74 Å². The van der Waals surface area contributed by atoms with Gasteiger partial charge in [-0.3, -0.25) is 0 Å². The van der Waals surface area contributed by atoms with Crippen molar-refractivity contribution in [2.24, 2.45) is 5.73 Å². The van der Waals surface area contributed by atoms with Crippen molar-refractivity contribution >= 4 is 16.6 Å². The lowest BCUT2D eigenvalue weighted by atomic mass is 10.1. The minimum Gasteiger partial charge on any atom is -0.380 e. The zero-order valence-electron chi connectivity index (χ0n) is 11.0. The van der Waals surface area contributed by atoms with Gasteiger partial charge < -0.3 is 15.4 Å². The van der Waals surface area contributed by atoms with E-state index in [1.807, 2.05) is 0 Å². The Morgan fingerprint density at radius 1 is 1.21 bits per heavy atom. The topological polar surface area (TPSA) is 51.4 Å². The average molecular weight is 257 g/mol. The third-order valence-corrected chi connectivity index (χ3v) is 3.50. The van der Waals surface area contributed by atoms with Crippen LogP contribution >= 0.6 is 0 Å². The SMILES string of the molecule is NCc1cc2ccccc2c(N2CCCOCC2)n1. The molecule has 0 unspecified atom stereocenters. The number of anilines is 1. The van der Waals surface area contributed by atoms with E-state index in [1.54, 1.807) is 0 Å². The number of aromatic nitrogens is 1. The molecule has 0 amide bonds. The minimum atomic E-state index is 0.474. The van der Waals surface area contributed by atoms with E-state index in [4.69, 9.17) is 15.5 Å². The van der Waals surface area contributed by atoms with Crippen LogP contribution in [-0.2, 0) is 11.3 Å². The highest BCUT2D eigenvalue weighted by Crippen LogP contribution is 2.26. The van der Waals surface area contributed by atoms with Crippen LogP contribution < -0.4 is 10.6 Å². The Kier molecular flexibility index (Phi) is 3.62. The van der Waals surface area contributed by atoms with E-state index < -0.39 is 0 Å². The van der Waals surface area contributed by atoms with Crippen LogP contribution in [0.2, 0.25) is 0 Å².